The van der Waals surface area contributed by atoms with Crippen molar-refractivity contribution in [3.63, 3.8) is 0 Å². The fourth-order valence-corrected chi connectivity index (χ4v) is 2.89. The maximum atomic E-state index is 11.3. The third-order valence-corrected chi connectivity index (χ3v) is 4.09. The molecule has 120 valence electrons. The van der Waals surface area contributed by atoms with Gasteiger partial charge in [0.2, 0.25) is 0 Å². The van der Waals surface area contributed by atoms with E-state index < -0.39 is 11.9 Å². The van der Waals surface area contributed by atoms with Gasteiger partial charge in [0.05, 0.1) is 18.0 Å². The number of carboxylic acid groups (broad SMARTS) is 2. The van der Waals surface area contributed by atoms with E-state index in [-0.39, 0.29) is 11.5 Å². The molecule has 6 heteroatoms. The van der Waals surface area contributed by atoms with Crippen LogP contribution in [0.25, 0.3) is 11.3 Å². The maximum absolute atomic E-state index is 11.3. The molecule has 6 nitrogen and oxygen atoms in total. The molecule has 0 saturated carbocycles. The number of hydrogen-bond acceptors (Lipinski definition) is 4. The van der Waals surface area contributed by atoms with E-state index in [0.29, 0.717) is 36.6 Å². The third kappa shape index (κ3) is 3.27. The summed E-state index contributed by atoms with van der Waals surface area (Å²) < 4.78 is 5.77. The summed E-state index contributed by atoms with van der Waals surface area (Å²) in [6.07, 6.45) is 0.644. The molecule has 23 heavy (non-hydrogen) atoms. The molecule has 0 radical (unpaired) electrons. The normalized spacial score (nSPS) is 18.2. The van der Waals surface area contributed by atoms with Crippen LogP contribution in [0.5, 0.6) is 0 Å². The Morgan fingerprint density at radius 1 is 1.17 bits per heavy atom. The van der Waals surface area contributed by atoms with E-state index in [4.69, 9.17) is 9.52 Å². The standard InChI is InChI=1S/C17H17NO5/c19-16(20)11-7-8-18(9-11)10-12-5-6-15(23-12)13-3-1-2-4-14(13)17(21)22/h1-6,11H,7-10H2,(H,19,20)(H,21,22). The van der Waals surface area contributed by atoms with Crippen molar-refractivity contribution in [3.8, 4) is 11.3 Å². The number of carboxylic acids is 2. The van der Waals surface area contributed by atoms with Gasteiger partial charge in [-0.25, -0.2) is 4.79 Å². The SMILES string of the molecule is O=C(O)c1ccccc1-c1ccc(CN2CCC(C(=O)O)C2)o1. The molecule has 1 aliphatic rings. The van der Waals surface area contributed by atoms with Gasteiger partial charge < -0.3 is 14.6 Å². The van der Waals surface area contributed by atoms with E-state index in [9.17, 15) is 14.7 Å². The van der Waals surface area contributed by atoms with Crippen LogP contribution in [0.3, 0.4) is 0 Å². The van der Waals surface area contributed by atoms with Crippen molar-refractivity contribution in [2.24, 2.45) is 5.92 Å². The highest BCUT2D eigenvalue weighted by Crippen LogP contribution is 2.27. The van der Waals surface area contributed by atoms with Crippen molar-refractivity contribution in [2.45, 2.75) is 13.0 Å². The second-order valence-electron chi connectivity index (χ2n) is 5.68. The second-order valence-corrected chi connectivity index (χ2v) is 5.68. The van der Waals surface area contributed by atoms with Crippen LogP contribution in [-0.4, -0.2) is 40.1 Å². The van der Waals surface area contributed by atoms with Crippen molar-refractivity contribution in [3.05, 3.63) is 47.7 Å². The predicted octanol–water partition coefficient (Wildman–Crippen LogP) is 2.55. The fraction of sp³-hybridized carbons (Fsp3) is 0.294. The Morgan fingerprint density at radius 3 is 2.65 bits per heavy atom. The van der Waals surface area contributed by atoms with Crippen LogP contribution in [0.15, 0.2) is 40.8 Å². The first-order valence-electron chi connectivity index (χ1n) is 7.41. The average Bonchev–Trinajstić information content (AvgIpc) is 3.17. The molecule has 0 amide bonds. The first kappa shape index (κ1) is 15.3. The highest BCUT2D eigenvalue weighted by atomic mass is 16.4. The molecule has 1 aliphatic heterocycles. The van der Waals surface area contributed by atoms with E-state index >= 15 is 0 Å². The van der Waals surface area contributed by atoms with E-state index in [0.717, 1.165) is 6.54 Å². The van der Waals surface area contributed by atoms with E-state index in [1.54, 1.807) is 24.3 Å². The average molecular weight is 315 g/mol. The zero-order valence-corrected chi connectivity index (χ0v) is 12.4. The molecule has 1 fully saturated rings. The van der Waals surface area contributed by atoms with Gasteiger partial charge in [-0.15, -0.1) is 0 Å². The van der Waals surface area contributed by atoms with E-state index in [1.807, 2.05) is 11.0 Å². The minimum absolute atomic E-state index is 0.195. The largest absolute Gasteiger partial charge is 0.481 e. The van der Waals surface area contributed by atoms with Crippen LogP contribution < -0.4 is 0 Å². The summed E-state index contributed by atoms with van der Waals surface area (Å²) >= 11 is 0. The second kappa shape index (κ2) is 6.26. The molecule has 0 spiro atoms. The Labute approximate surface area is 133 Å². The molecule has 3 rings (SSSR count). The van der Waals surface area contributed by atoms with Gasteiger partial charge in [0.25, 0.3) is 0 Å². The molecule has 1 atom stereocenters. The first-order chi connectivity index (χ1) is 11.0. The predicted molar refractivity (Wildman–Crippen MR) is 82.1 cm³/mol. The minimum Gasteiger partial charge on any atom is -0.481 e. The molecule has 0 bridgehead atoms. The Bertz CT molecular complexity index is 736. The van der Waals surface area contributed by atoms with Gasteiger partial charge in [0.15, 0.2) is 0 Å². The summed E-state index contributed by atoms with van der Waals surface area (Å²) in [6, 6.07) is 10.2. The molecule has 1 aromatic carbocycles. The number of benzene rings is 1. The van der Waals surface area contributed by atoms with Crippen molar-refractivity contribution < 1.29 is 24.2 Å². The van der Waals surface area contributed by atoms with Gasteiger partial charge >= 0.3 is 11.9 Å². The zero-order valence-electron chi connectivity index (χ0n) is 12.4. The number of aromatic carboxylic acids is 1. The third-order valence-electron chi connectivity index (χ3n) is 4.09. The molecule has 2 N–H and O–H groups in total. The number of furan rings is 1. The van der Waals surface area contributed by atoms with Crippen LogP contribution in [0.4, 0.5) is 0 Å². The van der Waals surface area contributed by atoms with Gasteiger partial charge in [-0.05, 0) is 31.2 Å². The number of nitrogens with zero attached hydrogens (tertiary/aromatic N) is 1. The highest BCUT2D eigenvalue weighted by molar-refractivity contribution is 5.95. The Kier molecular flexibility index (Phi) is 4.16. The lowest BCUT2D eigenvalue weighted by Gasteiger charge is -2.13. The summed E-state index contributed by atoms with van der Waals surface area (Å²) in [4.78, 5) is 24.3. The van der Waals surface area contributed by atoms with Crippen molar-refractivity contribution in [1.82, 2.24) is 4.90 Å². The van der Waals surface area contributed by atoms with Gasteiger partial charge in [0.1, 0.15) is 11.5 Å². The number of aliphatic carboxylic acids is 1. The van der Waals surface area contributed by atoms with Crippen LogP contribution in [0.1, 0.15) is 22.5 Å². The highest BCUT2D eigenvalue weighted by Gasteiger charge is 2.28. The van der Waals surface area contributed by atoms with Crippen molar-refractivity contribution >= 4 is 11.9 Å². The molecule has 1 aromatic heterocycles. The van der Waals surface area contributed by atoms with Crippen molar-refractivity contribution in [2.75, 3.05) is 13.1 Å². The zero-order chi connectivity index (χ0) is 16.4. The Hall–Kier alpha value is -2.60. The van der Waals surface area contributed by atoms with Crippen LogP contribution in [0.2, 0.25) is 0 Å². The summed E-state index contributed by atoms with van der Waals surface area (Å²) in [5.41, 5.74) is 0.733. The van der Waals surface area contributed by atoms with Crippen LogP contribution in [0, 0.1) is 5.92 Å². The van der Waals surface area contributed by atoms with E-state index in [2.05, 4.69) is 0 Å². The number of likely N-dealkylation sites (tertiary alicyclic amines) is 1. The number of carbonyl (C=O) groups is 2. The maximum Gasteiger partial charge on any atom is 0.336 e. The van der Waals surface area contributed by atoms with Gasteiger partial charge in [-0.1, -0.05) is 18.2 Å². The molecule has 0 aliphatic carbocycles. The Morgan fingerprint density at radius 2 is 1.96 bits per heavy atom. The molecular formula is C17H17NO5. The molecule has 2 heterocycles. The molecule has 1 unspecified atom stereocenters. The summed E-state index contributed by atoms with van der Waals surface area (Å²) in [7, 11) is 0. The number of rotatable bonds is 5. The topological polar surface area (TPSA) is 91.0 Å². The summed E-state index contributed by atoms with van der Waals surface area (Å²) in [5, 5.41) is 18.3. The summed E-state index contributed by atoms with van der Waals surface area (Å²) in [6.45, 7) is 1.76. The smallest absolute Gasteiger partial charge is 0.336 e. The Balaban J connectivity index is 1.74. The van der Waals surface area contributed by atoms with Gasteiger partial charge in [-0.2, -0.15) is 0 Å². The lowest BCUT2D eigenvalue weighted by atomic mass is 10.1. The van der Waals surface area contributed by atoms with Crippen LogP contribution >= 0.6 is 0 Å². The quantitative estimate of drug-likeness (QED) is 0.881. The van der Waals surface area contributed by atoms with E-state index in [1.165, 1.54) is 6.07 Å². The van der Waals surface area contributed by atoms with Crippen molar-refractivity contribution in [1.29, 1.82) is 0 Å². The lowest BCUT2D eigenvalue weighted by molar-refractivity contribution is -0.141. The minimum atomic E-state index is -0.998. The van der Waals surface area contributed by atoms with Crippen LogP contribution in [-0.2, 0) is 11.3 Å². The molecule has 1 saturated heterocycles. The molecule has 2 aromatic rings. The molecular weight excluding hydrogens is 298 g/mol. The summed E-state index contributed by atoms with van der Waals surface area (Å²) in [5.74, 6) is -0.874. The lowest BCUT2D eigenvalue weighted by Crippen LogP contribution is -2.22. The van der Waals surface area contributed by atoms with Gasteiger partial charge in [0, 0.05) is 12.1 Å². The number of hydrogen-bond donors (Lipinski definition) is 2. The van der Waals surface area contributed by atoms with Gasteiger partial charge in [-0.3, -0.25) is 9.69 Å². The monoisotopic (exact) mass is 315 g/mol. The first-order valence-corrected chi connectivity index (χ1v) is 7.41. The fourth-order valence-electron chi connectivity index (χ4n) is 2.89.